The lowest BCUT2D eigenvalue weighted by molar-refractivity contribution is -0.150. The smallest absolute Gasteiger partial charge is 0.325 e. The highest BCUT2D eigenvalue weighted by atomic mass is 32.2. The van der Waals surface area contributed by atoms with Gasteiger partial charge in [-0.05, 0) is 12.2 Å². The third kappa shape index (κ3) is 2.04. The van der Waals surface area contributed by atoms with Crippen LogP contribution < -0.4 is 5.32 Å². The summed E-state index contributed by atoms with van der Waals surface area (Å²) in [5.41, 5.74) is -0.739. The lowest BCUT2D eigenvalue weighted by atomic mass is 9.96. The van der Waals surface area contributed by atoms with Gasteiger partial charge < -0.3 is 10.4 Å². The molecule has 1 atom stereocenters. The number of nitrogens with one attached hydrogen (secondary N) is 1. The molecule has 2 N–H and O–H groups in total. The first-order valence-electron chi connectivity index (χ1n) is 5.48. The van der Waals surface area contributed by atoms with Crippen LogP contribution in [0.4, 0.5) is 0 Å². The first kappa shape index (κ1) is 11.7. The topological polar surface area (TPSA) is 69.6 Å². The van der Waals surface area contributed by atoms with Gasteiger partial charge in [0.05, 0.1) is 0 Å². The second kappa shape index (κ2) is 4.63. The molecular formula is C10H16N2O3S. The summed E-state index contributed by atoms with van der Waals surface area (Å²) in [6.45, 7) is 1.75. The lowest BCUT2D eigenvalue weighted by Crippen LogP contribution is -2.56. The van der Waals surface area contributed by atoms with Crippen LogP contribution in [-0.2, 0) is 9.59 Å². The number of hydrogen-bond acceptors (Lipinski definition) is 4. The van der Waals surface area contributed by atoms with E-state index in [4.69, 9.17) is 0 Å². The minimum absolute atomic E-state index is 0.0219. The predicted molar refractivity (Wildman–Crippen MR) is 61.5 cm³/mol. The van der Waals surface area contributed by atoms with Gasteiger partial charge >= 0.3 is 5.97 Å². The Hall–Kier alpha value is -0.750. The number of thioether (sulfide) groups is 1. The van der Waals surface area contributed by atoms with Crippen molar-refractivity contribution in [2.75, 3.05) is 31.1 Å². The van der Waals surface area contributed by atoms with E-state index < -0.39 is 11.5 Å². The third-order valence-electron chi connectivity index (χ3n) is 3.32. The fourth-order valence-corrected chi connectivity index (χ4v) is 3.72. The molecular weight excluding hydrogens is 228 g/mol. The van der Waals surface area contributed by atoms with Crippen LogP contribution in [0.5, 0.6) is 0 Å². The molecule has 0 aromatic carbocycles. The second-order valence-electron chi connectivity index (χ2n) is 4.23. The lowest BCUT2D eigenvalue weighted by Gasteiger charge is -2.36. The number of carboxylic acid groups (broad SMARTS) is 1. The molecule has 0 saturated carbocycles. The van der Waals surface area contributed by atoms with Crippen LogP contribution in [0.2, 0.25) is 0 Å². The van der Waals surface area contributed by atoms with Crippen LogP contribution in [0.3, 0.4) is 0 Å². The summed E-state index contributed by atoms with van der Waals surface area (Å²) in [4.78, 5) is 24.6. The summed E-state index contributed by atoms with van der Waals surface area (Å²) in [5, 5.41) is 12.2. The molecule has 5 nitrogen and oxygen atoms in total. The molecule has 16 heavy (non-hydrogen) atoms. The van der Waals surface area contributed by atoms with Crippen molar-refractivity contribution in [3.8, 4) is 0 Å². The molecule has 0 bridgehead atoms. The van der Waals surface area contributed by atoms with Crippen molar-refractivity contribution in [3.63, 3.8) is 0 Å². The van der Waals surface area contributed by atoms with Crippen molar-refractivity contribution in [3.05, 3.63) is 0 Å². The summed E-state index contributed by atoms with van der Waals surface area (Å²) in [7, 11) is 0. The zero-order valence-corrected chi connectivity index (χ0v) is 9.89. The van der Waals surface area contributed by atoms with Crippen molar-refractivity contribution in [2.45, 2.75) is 18.4 Å². The number of carbonyl (C=O) groups is 2. The predicted octanol–water partition coefficient (Wildman–Crippen LogP) is -0.231. The summed E-state index contributed by atoms with van der Waals surface area (Å²) in [6, 6.07) is 0. The number of carbonyl (C=O) groups excluding carboxylic acids is 1. The second-order valence-corrected chi connectivity index (χ2v) is 5.33. The van der Waals surface area contributed by atoms with Gasteiger partial charge in [-0.15, -0.1) is 0 Å². The average Bonchev–Trinajstić information content (AvgIpc) is 2.64. The molecule has 2 saturated heterocycles. The highest BCUT2D eigenvalue weighted by molar-refractivity contribution is 7.99. The Morgan fingerprint density at radius 1 is 1.50 bits per heavy atom. The Morgan fingerprint density at radius 2 is 2.31 bits per heavy atom. The fourth-order valence-electron chi connectivity index (χ4n) is 2.30. The van der Waals surface area contributed by atoms with Crippen LogP contribution in [0.25, 0.3) is 0 Å². The third-order valence-corrected chi connectivity index (χ3v) is 4.49. The Bertz CT molecular complexity index is 302. The fraction of sp³-hybridized carbons (Fsp3) is 0.800. The number of carboxylic acids is 1. The Labute approximate surface area is 98.6 Å². The Morgan fingerprint density at radius 3 is 2.94 bits per heavy atom. The summed E-state index contributed by atoms with van der Waals surface area (Å²) in [6.07, 6.45) is 1.08. The first-order chi connectivity index (χ1) is 7.65. The maximum absolute atomic E-state index is 11.5. The van der Waals surface area contributed by atoms with Crippen LogP contribution in [0.15, 0.2) is 0 Å². The highest BCUT2D eigenvalue weighted by Crippen LogP contribution is 2.34. The van der Waals surface area contributed by atoms with E-state index in [1.54, 1.807) is 11.8 Å². The number of nitrogens with zero attached hydrogens (tertiary/aromatic N) is 1. The number of hydrogen-bond donors (Lipinski definition) is 2. The van der Waals surface area contributed by atoms with Crippen molar-refractivity contribution >= 4 is 23.6 Å². The van der Waals surface area contributed by atoms with E-state index in [1.807, 2.05) is 4.90 Å². The molecule has 0 aliphatic carbocycles. The zero-order valence-electron chi connectivity index (χ0n) is 9.07. The van der Waals surface area contributed by atoms with Gasteiger partial charge in [0.1, 0.15) is 5.54 Å². The number of aliphatic carboxylic acids is 1. The Kier molecular flexibility index (Phi) is 3.39. The van der Waals surface area contributed by atoms with Crippen LogP contribution >= 0.6 is 11.8 Å². The SMILES string of the molecule is O=C1CCN(C2(C(=O)O)CCSC2)CCN1. The summed E-state index contributed by atoms with van der Waals surface area (Å²) >= 11 is 1.68. The number of rotatable bonds is 2. The largest absolute Gasteiger partial charge is 0.480 e. The van der Waals surface area contributed by atoms with E-state index in [1.165, 1.54) is 0 Å². The van der Waals surface area contributed by atoms with Gasteiger partial charge in [-0.1, -0.05) is 0 Å². The standard InChI is InChI=1S/C10H16N2O3S/c13-8-1-4-12(5-3-11-8)10(9(14)15)2-6-16-7-10/h1-7H2,(H,11,13)(H,14,15). The highest BCUT2D eigenvalue weighted by Gasteiger charge is 2.47. The molecule has 1 unspecified atom stereocenters. The van der Waals surface area contributed by atoms with E-state index >= 15 is 0 Å². The van der Waals surface area contributed by atoms with Crippen molar-refractivity contribution in [2.24, 2.45) is 0 Å². The van der Waals surface area contributed by atoms with Gasteiger partial charge in [0.15, 0.2) is 0 Å². The van der Waals surface area contributed by atoms with Crippen LogP contribution in [0.1, 0.15) is 12.8 Å². The van der Waals surface area contributed by atoms with Crippen molar-refractivity contribution in [1.82, 2.24) is 10.2 Å². The molecule has 2 aliphatic rings. The molecule has 0 aromatic rings. The maximum Gasteiger partial charge on any atom is 0.325 e. The maximum atomic E-state index is 11.5. The summed E-state index contributed by atoms with van der Waals surface area (Å²) < 4.78 is 0. The minimum atomic E-state index is -0.744. The minimum Gasteiger partial charge on any atom is -0.480 e. The zero-order chi connectivity index (χ0) is 11.6. The molecule has 2 heterocycles. The Balaban J connectivity index is 2.13. The quantitative estimate of drug-likeness (QED) is 0.702. The van der Waals surface area contributed by atoms with Gasteiger partial charge in [0, 0.05) is 31.8 Å². The monoisotopic (exact) mass is 244 g/mol. The van der Waals surface area contributed by atoms with Gasteiger partial charge in [0.2, 0.25) is 5.91 Å². The van der Waals surface area contributed by atoms with Crippen LogP contribution in [-0.4, -0.2) is 58.6 Å². The van der Waals surface area contributed by atoms with Gasteiger partial charge in [-0.3, -0.25) is 14.5 Å². The average molecular weight is 244 g/mol. The van der Waals surface area contributed by atoms with Crippen molar-refractivity contribution < 1.29 is 14.7 Å². The molecule has 1 amide bonds. The first-order valence-corrected chi connectivity index (χ1v) is 6.63. The van der Waals surface area contributed by atoms with E-state index in [0.29, 0.717) is 38.2 Å². The van der Waals surface area contributed by atoms with Gasteiger partial charge in [0.25, 0.3) is 0 Å². The van der Waals surface area contributed by atoms with Crippen molar-refractivity contribution in [1.29, 1.82) is 0 Å². The normalized spacial score (nSPS) is 32.1. The number of amides is 1. The van der Waals surface area contributed by atoms with E-state index in [9.17, 15) is 14.7 Å². The van der Waals surface area contributed by atoms with Crippen LogP contribution in [0, 0.1) is 0 Å². The molecule has 2 fully saturated rings. The molecule has 2 aliphatic heterocycles. The molecule has 0 aromatic heterocycles. The van der Waals surface area contributed by atoms with E-state index in [-0.39, 0.29) is 5.91 Å². The molecule has 0 spiro atoms. The molecule has 6 heteroatoms. The molecule has 0 radical (unpaired) electrons. The van der Waals surface area contributed by atoms with Gasteiger partial charge in [-0.25, -0.2) is 0 Å². The molecule has 90 valence electrons. The van der Waals surface area contributed by atoms with Gasteiger partial charge in [-0.2, -0.15) is 11.8 Å². The molecule has 2 rings (SSSR count). The summed E-state index contributed by atoms with van der Waals surface area (Å²) in [5.74, 6) is 0.807. The van der Waals surface area contributed by atoms with E-state index in [0.717, 1.165) is 5.75 Å². The van der Waals surface area contributed by atoms with E-state index in [2.05, 4.69) is 5.32 Å².